The second-order valence-corrected chi connectivity index (χ2v) is 6.88. The van der Waals surface area contributed by atoms with Crippen LogP contribution in [0.25, 0.3) is 11.1 Å². The molecule has 1 atom stereocenters. The monoisotopic (exact) mass is 359 g/mol. The molecule has 2 aromatic carbocycles. The second-order valence-electron chi connectivity index (χ2n) is 6.88. The number of rotatable bonds is 0. The molecule has 3 rings (SSSR count). The summed E-state index contributed by atoms with van der Waals surface area (Å²) in [5.74, 6) is 0. The van der Waals surface area contributed by atoms with Crippen molar-refractivity contribution >= 4 is 45.5 Å². The van der Waals surface area contributed by atoms with E-state index in [2.05, 4.69) is 0 Å². The third kappa shape index (κ3) is 1.66. The van der Waals surface area contributed by atoms with Crippen LogP contribution in [-0.2, 0) is 11.2 Å². The minimum atomic E-state index is -1.71. The van der Waals surface area contributed by atoms with Crippen LogP contribution in [0.15, 0.2) is 0 Å². The number of hydrogen-bond donors (Lipinski definition) is 11. The molecule has 0 saturated carbocycles. The molecule has 0 fully saturated rings. The van der Waals surface area contributed by atoms with Crippen molar-refractivity contribution in [1.82, 2.24) is 0 Å². The van der Waals surface area contributed by atoms with Crippen LogP contribution in [0, 0.1) is 0 Å². The van der Waals surface area contributed by atoms with Gasteiger partial charge in [0.05, 0.1) is 51.0 Å². The van der Waals surface area contributed by atoms with Crippen LogP contribution in [0.1, 0.15) is 18.1 Å². The normalized spacial score (nSPS) is 20.5. The third-order valence-corrected chi connectivity index (χ3v) is 5.36. The Kier molecular flexibility index (Phi) is 3.15. The van der Waals surface area contributed by atoms with Crippen molar-refractivity contribution in [3.8, 4) is 11.1 Å². The van der Waals surface area contributed by atoms with E-state index in [0.29, 0.717) is 16.7 Å². The highest BCUT2D eigenvalue weighted by molar-refractivity contribution is 6.09. The van der Waals surface area contributed by atoms with Gasteiger partial charge in [-0.2, -0.15) is 0 Å². The average molecular weight is 359 g/mol. The number of nitrogen functional groups attached to an aromatic ring is 8. The Hall–Kier alpha value is -3.28. The first-order chi connectivity index (χ1) is 11.8. The highest BCUT2D eigenvalue weighted by Gasteiger charge is 2.52. The first-order valence-electron chi connectivity index (χ1n) is 7.68. The van der Waals surface area contributed by atoms with Gasteiger partial charge in [-0.25, -0.2) is 0 Å². The first kappa shape index (κ1) is 17.5. The van der Waals surface area contributed by atoms with Crippen molar-refractivity contribution < 1.29 is 0 Å². The van der Waals surface area contributed by atoms with Gasteiger partial charge in [-0.1, -0.05) is 0 Å². The Morgan fingerprint density at radius 2 is 0.769 bits per heavy atom. The minimum absolute atomic E-state index is 0.0516. The summed E-state index contributed by atoms with van der Waals surface area (Å²) in [5, 5.41) is 0. The van der Waals surface area contributed by atoms with E-state index in [1.165, 1.54) is 0 Å². The van der Waals surface area contributed by atoms with E-state index in [1.54, 1.807) is 6.92 Å². The van der Waals surface area contributed by atoms with Gasteiger partial charge in [-0.3, -0.25) is 0 Å². The van der Waals surface area contributed by atoms with E-state index in [4.69, 9.17) is 63.1 Å². The van der Waals surface area contributed by atoms with Crippen molar-refractivity contribution in [3.05, 3.63) is 11.1 Å². The molecule has 0 saturated heterocycles. The van der Waals surface area contributed by atoms with Gasteiger partial charge in [0.15, 0.2) is 0 Å². The molecule has 0 amide bonds. The lowest BCUT2D eigenvalue weighted by atomic mass is 9.65. The summed E-state index contributed by atoms with van der Waals surface area (Å²) < 4.78 is 0. The number of anilines is 8. The van der Waals surface area contributed by atoms with Gasteiger partial charge in [0.2, 0.25) is 0 Å². The number of nitrogens with two attached hydrogens (primary N) is 11. The molecular formula is C15H25N11. The summed E-state index contributed by atoms with van der Waals surface area (Å²) in [4.78, 5) is 0. The van der Waals surface area contributed by atoms with Gasteiger partial charge in [0.1, 0.15) is 5.66 Å². The fraction of sp³-hybridized carbons (Fsp3) is 0.200. The molecule has 1 aliphatic carbocycles. The highest BCUT2D eigenvalue weighted by Crippen LogP contribution is 2.59. The van der Waals surface area contributed by atoms with Crippen molar-refractivity contribution in [2.75, 3.05) is 45.9 Å². The zero-order valence-electron chi connectivity index (χ0n) is 14.4. The Morgan fingerprint density at radius 1 is 0.462 bits per heavy atom. The molecule has 1 unspecified atom stereocenters. The summed E-state index contributed by atoms with van der Waals surface area (Å²) >= 11 is 0. The third-order valence-electron chi connectivity index (χ3n) is 5.36. The molecular weight excluding hydrogens is 334 g/mol. The molecule has 22 N–H and O–H groups in total. The van der Waals surface area contributed by atoms with Crippen LogP contribution < -0.4 is 63.1 Å². The van der Waals surface area contributed by atoms with E-state index in [9.17, 15) is 0 Å². The predicted octanol–water partition coefficient (Wildman–Crippen LogP) is -1.73. The molecule has 0 heterocycles. The number of fused-ring (bicyclic) bond motifs is 3. The van der Waals surface area contributed by atoms with Gasteiger partial charge in [0, 0.05) is 22.3 Å². The van der Waals surface area contributed by atoms with Crippen LogP contribution >= 0.6 is 0 Å². The quantitative estimate of drug-likeness (QED) is 0.185. The molecule has 1 aliphatic rings. The van der Waals surface area contributed by atoms with Gasteiger partial charge >= 0.3 is 0 Å². The highest BCUT2D eigenvalue weighted by atomic mass is 15.1. The van der Waals surface area contributed by atoms with E-state index < -0.39 is 11.2 Å². The second kappa shape index (κ2) is 4.66. The Bertz CT molecular complexity index is 896. The topological polar surface area (TPSA) is 286 Å². The fourth-order valence-corrected chi connectivity index (χ4v) is 3.61. The van der Waals surface area contributed by atoms with E-state index in [-0.39, 0.29) is 51.1 Å². The van der Waals surface area contributed by atoms with Gasteiger partial charge in [0.25, 0.3) is 0 Å². The van der Waals surface area contributed by atoms with Gasteiger partial charge < -0.3 is 63.1 Å². The van der Waals surface area contributed by atoms with Crippen molar-refractivity contribution in [3.63, 3.8) is 0 Å². The Morgan fingerprint density at radius 3 is 1.19 bits per heavy atom. The standard InChI is InChI=1S/C15H25N11/c1-14(24)4-2(6(16)10(20)12(22)8(4)18)3-5(15(14,25)26)9(19)13(23)11(21)7(3)17/h16-26H2,1H3. The maximum absolute atomic E-state index is 6.53. The zero-order chi connectivity index (χ0) is 19.9. The molecule has 0 aromatic heterocycles. The van der Waals surface area contributed by atoms with Crippen molar-refractivity contribution in [2.24, 2.45) is 17.2 Å². The molecule has 0 bridgehead atoms. The lowest BCUT2D eigenvalue weighted by molar-refractivity contribution is 0.250. The van der Waals surface area contributed by atoms with Crippen LogP contribution in [-0.4, -0.2) is 0 Å². The van der Waals surface area contributed by atoms with Crippen LogP contribution in [0.3, 0.4) is 0 Å². The average Bonchev–Trinajstić information content (AvgIpc) is 2.56. The molecule has 11 nitrogen and oxygen atoms in total. The van der Waals surface area contributed by atoms with Crippen LogP contribution in [0.2, 0.25) is 0 Å². The summed E-state index contributed by atoms with van der Waals surface area (Å²) in [5.41, 5.74) is 66.9. The molecule has 140 valence electrons. The van der Waals surface area contributed by atoms with E-state index in [0.717, 1.165) is 0 Å². The fourth-order valence-electron chi connectivity index (χ4n) is 3.61. The molecule has 26 heavy (non-hydrogen) atoms. The molecule has 0 aliphatic heterocycles. The Labute approximate surface area is 149 Å². The first-order valence-corrected chi connectivity index (χ1v) is 7.68. The summed E-state index contributed by atoms with van der Waals surface area (Å²) in [6, 6.07) is 0. The predicted molar refractivity (Wildman–Crippen MR) is 109 cm³/mol. The van der Waals surface area contributed by atoms with E-state index in [1.807, 2.05) is 0 Å². The van der Waals surface area contributed by atoms with Crippen molar-refractivity contribution in [2.45, 2.75) is 18.1 Å². The summed E-state index contributed by atoms with van der Waals surface area (Å²) in [7, 11) is 0. The summed E-state index contributed by atoms with van der Waals surface area (Å²) in [6.45, 7) is 1.59. The number of hydrogen-bond acceptors (Lipinski definition) is 11. The smallest absolute Gasteiger partial charge is 0.115 e. The van der Waals surface area contributed by atoms with Crippen LogP contribution in [0.5, 0.6) is 0 Å². The summed E-state index contributed by atoms with van der Waals surface area (Å²) in [6.07, 6.45) is 0. The van der Waals surface area contributed by atoms with Gasteiger partial charge in [-0.05, 0) is 6.92 Å². The maximum atomic E-state index is 6.53. The molecule has 0 spiro atoms. The number of benzene rings is 2. The van der Waals surface area contributed by atoms with Crippen molar-refractivity contribution in [1.29, 1.82) is 0 Å². The van der Waals surface area contributed by atoms with E-state index >= 15 is 0 Å². The largest absolute Gasteiger partial charge is 0.397 e. The molecule has 2 aromatic rings. The minimum Gasteiger partial charge on any atom is -0.397 e. The Balaban J connectivity index is 2.71. The zero-order valence-corrected chi connectivity index (χ0v) is 14.4. The lowest BCUT2D eigenvalue weighted by Crippen LogP contribution is -2.67. The maximum Gasteiger partial charge on any atom is 0.115 e. The molecule has 11 heteroatoms. The van der Waals surface area contributed by atoms with Gasteiger partial charge in [-0.15, -0.1) is 0 Å². The van der Waals surface area contributed by atoms with Crippen LogP contribution in [0.4, 0.5) is 45.5 Å². The molecule has 0 radical (unpaired) electrons. The SMILES string of the molecule is CC1(N)c2c(N)c(N)c(N)c(N)c2-c2c(N)c(N)c(N)c(N)c2C1(N)N. The lowest BCUT2D eigenvalue weighted by Gasteiger charge is -2.48.